The van der Waals surface area contributed by atoms with Gasteiger partial charge in [-0.25, -0.2) is 8.42 Å². The van der Waals surface area contributed by atoms with Crippen molar-refractivity contribution in [2.45, 2.75) is 6.42 Å². The Morgan fingerprint density at radius 3 is 2.76 bits per heavy atom. The van der Waals surface area contributed by atoms with Crippen LogP contribution in [-0.4, -0.2) is 20.0 Å². The summed E-state index contributed by atoms with van der Waals surface area (Å²) in [6, 6.07) is 16.5. The number of nitrogens with one attached hydrogen (secondary N) is 1. The molecule has 0 amide bonds. The number of sulfonamides is 1. The van der Waals surface area contributed by atoms with Gasteiger partial charge in [-0.1, -0.05) is 36.4 Å². The highest BCUT2D eigenvalue weighted by Crippen LogP contribution is 2.29. The second kappa shape index (κ2) is 6.22. The van der Waals surface area contributed by atoms with E-state index in [0.717, 1.165) is 10.9 Å². The molecule has 0 spiro atoms. The van der Waals surface area contributed by atoms with E-state index in [1.54, 1.807) is 18.3 Å². The van der Waals surface area contributed by atoms with Crippen molar-refractivity contribution in [3.8, 4) is 5.75 Å². The van der Waals surface area contributed by atoms with Crippen LogP contribution >= 0.6 is 0 Å². The van der Waals surface area contributed by atoms with Crippen LogP contribution in [0.2, 0.25) is 0 Å². The van der Waals surface area contributed by atoms with Crippen molar-refractivity contribution in [3.63, 3.8) is 0 Å². The lowest BCUT2D eigenvalue weighted by atomic mass is 10.2. The molecule has 6 heteroatoms. The third kappa shape index (κ3) is 3.08. The molecule has 5 nitrogen and oxygen atoms in total. The molecule has 2 heterocycles. The van der Waals surface area contributed by atoms with Crippen LogP contribution in [0.4, 0.5) is 5.69 Å². The van der Waals surface area contributed by atoms with E-state index in [1.165, 1.54) is 0 Å². The smallest absolute Gasteiger partial charge is 0.258 e. The Bertz CT molecular complexity index is 1070. The zero-order valence-corrected chi connectivity index (χ0v) is 14.2. The minimum absolute atomic E-state index is 0.297. The minimum Gasteiger partial charge on any atom is -0.493 e. The monoisotopic (exact) mass is 352 g/mol. The number of benzene rings is 2. The number of aromatic nitrogens is 1. The van der Waals surface area contributed by atoms with E-state index in [9.17, 15) is 8.42 Å². The third-order valence-electron chi connectivity index (χ3n) is 4.06. The normalized spacial score (nSPS) is 14.2. The van der Waals surface area contributed by atoms with E-state index < -0.39 is 10.0 Å². The van der Waals surface area contributed by atoms with Crippen LogP contribution < -0.4 is 9.46 Å². The van der Waals surface area contributed by atoms with E-state index in [1.807, 2.05) is 48.5 Å². The molecule has 2 aromatic carbocycles. The number of para-hydroxylation sites is 2. The summed E-state index contributed by atoms with van der Waals surface area (Å²) in [4.78, 5) is 4.59. The topological polar surface area (TPSA) is 68.3 Å². The number of rotatable bonds is 3. The van der Waals surface area contributed by atoms with Gasteiger partial charge in [-0.05, 0) is 24.3 Å². The van der Waals surface area contributed by atoms with Crippen LogP contribution in [0.3, 0.4) is 0 Å². The van der Waals surface area contributed by atoms with Gasteiger partial charge in [0, 0.05) is 23.6 Å². The number of hydrogen-bond donors (Lipinski definition) is 1. The molecule has 25 heavy (non-hydrogen) atoms. The first-order chi connectivity index (χ1) is 12.1. The summed E-state index contributed by atoms with van der Waals surface area (Å²) in [6.07, 6.45) is 3.63. The summed E-state index contributed by atoms with van der Waals surface area (Å²) in [5, 5.41) is 0.881. The molecule has 4 rings (SSSR count). The van der Waals surface area contributed by atoms with Gasteiger partial charge in [0.1, 0.15) is 5.75 Å². The van der Waals surface area contributed by atoms with E-state index in [-0.39, 0.29) is 0 Å². The molecule has 1 aliphatic heterocycles. The standard InChI is InChI=1S/C19H16N2O3S/c22-25(23,16-10-12-24-18-9-2-1-5-15(18)13-16)21-17-8-3-6-14-7-4-11-20-19(14)17/h1-9,11,13,21H,10,12H2. The Morgan fingerprint density at radius 1 is 1.00 bits per heavy atom. The van der Waals surface area contributed by atoms with Gasteiger partial charge in [-0.3, -0.25) is 9.71 Å². The minimum atomic E-state index is -3.70. The lowest BCUT2D eigenvalue weighted by Gasteiger charge is -2.12. The van der Waals surface area contributed by atoms with Crippen LogP contribution in [0.15, 0.2) is 65.7 Å². The van der Waals surface area contributed by atoms with Crippen LogP contribution in [0.25, 0.3) is 17.0 Å². The molecule has 0 fully saturated rings. The molecule has 0 unspecified atom stereocenters. The summed E-state index contributed by atoms with van der Waals surface area (Å²) in [6.45, 7) is 0.317. The first-order valence-electron chi connectivity index (χ1n) is 7.92. The second-order valence-corrected chi connectivity index (χ2v) is 7.47. The van der Waals surface area contributed by atoms with Crippen LogP contribution in [0.1, 0.15) is 12.0 Å². The van der Waals surface area contributed by atoms with Crippen molar-refractivity contribution >= 4 is 32.7 Å². The number of hydrogen-bond acceptors (Lipinski definition) is 4. The van der Waals surface area contributed by atoms with Gasteiger partial charge in [0.05, 0.1) is 22.7 Å². The lowest BCUT2D eigenvalue weighted by molar-refractivity contribution is 0.325. The predicted molar refractivity (Wildman–Crippen MR) is 98.8 cm³/mol. The summed E-state index contributed by atoms with van der Waals surface area (Å²) >= 11 is 0. The summed E-state index contributed by atoms with van der Waals surface area (Å²) in [5.41, 5.74) is 1.85. The number of fused-ring (bicyclic) bond motifs is 2. The van der Waals surface area contributed by atoms with E-state index in [4.69, 9.17) is 4.74 Å². The lowest BCUT2D eigenvalue weighted by Crippen LogP contribution is -2.16. The third-order valence-corrected chi connectivity index (χ3v) is 5.56. The average Bonchev–Trinajstić information content (AvgIpc) is 2.85. The van der Waals surface area contributed by atoms with Gasteiger partial charge in [0.15, 0.2) is 0 Å². The highest BCUT2D eigenvalue weighted by molar-refractivity contribution is 7.96. The molecule has 3 aromatic rings. The molecule has 126 valence electrons. The number of pyridine rings is 1. The van der Waals surface area contributed by atoms with E-state index >= 15 is 0 Å². The molecule has 1 aliphatic rings. The van der Waals surface area contributed by atoms with E-state index in [0.29, 0.717) is 34.9 Å². The quantitative estimate of drug-likeness (QED) is 0.778. The molecule has 0 saturated carbocycles. The van der Waals surface area contributed by atoms with Crippen LogP contribution in [0.5, 0.6) is 5.75 Å². The van der Waals surface area contributed by atoms with Gasteiger partial charge in [-0.2, -0.15) is 0 Å². The average molecular weight is 352 g/mol. The molecule has 0 aliphatic carbocycles. The number of nitrogens with zero attached hydrogens (tertiary/aromatic N) is 1. The summed E-state index contributed by atoms with van der Waals surface area (Å²) in [5.74, 6) is 0.694. The Kier molecular flexibility index (Phi) is 3.89. The van der Waals surface area contributed by atoms with Gasteiger partial charge in [0.25, 0.3) is 10.0 Å². The SMILES string of the molecule is O=S(=O)(Nc1cccc2cccnc12)C1=Cc2ccccc2OCC1. The first kappa shape index (κ1) is 15.7. The number of anilines is 1. The Balaban J connectivity index is 1.74. The maximum atomic E-state index is 12.9. The molecular weight excluding hydrogens is 336 g/mol. The molecule has 0 radical (unpaired) electrons. The predicted octanol–water partition coefficient (Wildman–Crippen LogP) is 3.80. The van der Waals surface area contributed by atoms with E-state index in [2.05, 4.69) is 9.71 Å². The highest BCUT2D eigenvalue weighted by Gasteiger charge is 2.22. The van der Waals surface area contributed by atoms with Crippen molar-refractivity contribution in [3.05, 3.63) is 71.3 Å². The summed E-state index contributed by atoms with van der Waals surface area (Å²) in [7, 11) is -3.70. The molecule has 1 N–H and O–H groups in total. The van der Waals surface area contributed by atoms with Crippen molar-refractivity contribution < 1.29 is 13.2 Å². The zero-order chi connectivity index (χ0) is 17.3. The van der Waals surface area contributed by atoms with Gasteiger partial charge < -0.3 is 4.74 Å². The second-order valence-electron chi connectivity index (χ2n) is 5.73. The zero-order valence-electron chi connectivity index (χ0n) is 13.3. The Labute approximate surface area is 146 Å². The van der Waals surface area contributed by atoms with Crippen LogP contribution in [0, 0.1) is 0 Å². The number of ether oxygens (including phenoxy) is 1. The Hall–Kier alpha value is -2.86. The fourth-order valence-corrected chi connectivity index (χ4v) is 4.07. The van der Waals surface area contributed by atoms with Crippen molar-refractivity contribution in [2.75, 3.05) is 11.3 Å². The maximum absolute atomic E-state index is 12.9. The van der Waals surface area contributed by atoms with Crippen molar-refractivity contribution in [2.24, 2.45) is 0 Å². The van der Waals surface area contributed by atoms with Gasteiger partial charge >= 0.3 is 0 Å². The Morgan fingerprint density at radius 2 is 1.84 bits per heavy atom. The highest BCUT2D eigenvalue weighted by atomic mass is 32.2. The van der Waals surface area contributed by atoms with Crippen molar-refractivity contribution in [1.82, 2.24) is 4.98 Å². The fourth-order valence-electron chi connectivity index (χ4n) is 2.85. The largest absolute Gasteiger partial charge is 0.493 e. The molecule has 1 aromatic heterocycles. The van der Waals surface area contributed by atoms with Gasteiger partial charge in [-0.15, -0.1) is 0 Å². The molecular formula is C19H16N2O3S. The van der Waals surface area contributed by atoms with Gasteiger partial charge in [0.2, 0.25) is 0 Å². The van der Waals surface area contributed by atoms with Crippen molar-refractivity contribution in [1.29, 1.82) is 0 Å². The maximum Gasteiger partial charge on any atom is 0.258 e. The first-order valence-corrected chi connectivity index (χ1v) is 9.41. The molecule has 0 atom stereocenters. The molecule has 0 saturated heterocycles. The fraction of sp³-hybridized carbons (Fsp3) is 0.105. The van der Waals surface area contributed by atoms with Crippen LogP contribution in [-0.2, 0) is 10.0 Å². The summed E-state index contributed by atoms with van der Waals surface area (Å²) < 4.78 is 34.1. The molecule has 0 bridgehead atoms.